The molecule has 2 N–H and O–H groups in total. The molecule has 0 spiro atoms. The molecule has 1 aromatic heterocycles. The van der Waals surface area contributed by atoms with Crippen molar-refractivity contribution in [3.8, 4) is 0 Å². The number of likely N-dealkylation sites (N-methyl/N-ethyl adjacent to an activating group) is 1. The first-order valence-corrected chi connectivity index (χ1v) is 10.7. The number of rotatable bonds is 8. The second kappa shape index (κ2) is 10.1. The first kappa shape index (κ1) is 21.5. The highest BCUT2D eigenvalue weighted by atomic mass is 16.1. The predicted molar refractivity (Wildman–Crippen MR) is 130 cm³/mol. The van der Waals surface area contributed by atoms with Crippen LogP contribution in [0.1, 0.15) is 5.56 Å². The summed E-state index contributed by atoms with van der Waals surface area (Å²) in [5, 5.41) is 6.54. The van der Waals surface area contributed by atoms with Crippen LogP contribution in [0.5, 0.6) is 0 Å². The normalized spacial score (nSPS) is 14.1. The van der Waals surface area contributed by atoms with E-state index in [0.29, 0.717) is 18.2 Å². The third kappa shape index (κ3) is 5.70. The monoisotopic (exact) mass is 428 g/mol. The van der Waals surface area contributed by atoms with Crippen LogP contribution in [-0.4, -0.2) is 53.9 Å². The lowest BCUT2D eigenvalue weighted by Gasteiger charge is -2.34. The standard InChI is InChI=1S/C25H28N6O/c1-3-23(32)18-19-4-6-20(7-5-19)27-24-12-13-26-25(29-24)28-21-8-10-22(11-9-21)31-16-14-30(2)15-17-31/h3-13H,1,14-18H2,2H3,(H2,26,27,28,29). The molecule has 2 aromatic carbocycles. The fraction of sp³-hybridized carbons (Fsp3) is 0.240. The largest absolute Gasteiger partial charge is 0.369 e. The van der Waals surface area contributed by atoms with Gasteiger partial charge in [-0.15, -0.1) is 0 Å². The van der Waals surface area contributed by atoms with Crippen molar-refractivity contribution in [2.45, 2.75) is 6.42 Å². The Kier molecular flexibility index (Phi) is 6.77. The molecular weight excluding hydrogens is 400 g/mol. The van der Waals surface area contributed by atoms with Gasteiger partial charge in [0.25, 0.3) is 0 Å². The summed E-state index contributed by atoms with van der Waals surface area (Å²) < 4.78 is 0. The van der Waals surface area contributed by atoms with Gasteiger partial charge in [-0.1, -0.05) is 18.7 Å². The average Bonchev–Trinajstić information content (AvgIpc) is 2.82. The van der Waals surface area contributed by atoms with Gasteiger partial charge in [-0.05, 0) is 61.2 Å². The first-order valence-electron chi connectivity index (χ1n) is 10.7. The molecule has 7 heteroatoms. The molecule has 164 valence electrons. The Hall–Kier alpha value is -3.71. The average molecular weight is 429 g/mol. The molecule has 7 nitrogen and oxygen atoms in total. The number of carbonyl (C=O) groups excluding carboxylic acids is 1. The van der Waals surface area contributed by atoms with Gasteiger partial charge in [-0.3, -0.25) is 4.79 Å². The van der Waals surface area contributed by atoms with E-state index >= 15 is 0 Å². The van der Waals surface area contributed by atoms with E-state index in [1.165, 1.54) is 11.8 Å². The number of aromatic nitrogens is 2. The molecule has 32 heavy (non-hydrogen) atoms. The SMILES string of the molecule is C=CC(=O)Cc1ccc(Nc2ccnc(Nc3ccc(N4CCN(C)CC4)cc3)n2)cc1. The number of hydrogen-bond acceptors (Lipinski definition) is 7. The van der Waals surface area contributed by atoms with Crippen LogP contribution in [-0.2, 0) is 11.2 Å². The Labute approximate surface area is 188 Å². The molecule has 4 rings (SSSR count). The number of carbonyl (C=O) groups is 1. The number of piperazine rings is 1. The Morgan fingerprint density at radius 3 is 2.31 bits per heavy atom. The summed E-state index contributed by atoms with van der Waals surface area (Å²) in [6.45, 7) is 7.78. The van der Waals surface area contributed by atoms with Crippen molar-refractivity contribution in [1.82, 2.24) is 14.9 Å². The maximum atomic E-state index is 11.5. The summed E-state index contributed by atoms with van der Waals surface area (Å²) in [5.74, 6) is 1.22. The maximum Gasteiger partial charge on any atom is 0.229 e. The van der Waals surface area contributed by atoms with Gasteiger partial charge in [0.2, 0.25) is 5.95 Å². The lowest BCUT2D eigenvalue weighted by atomic mass is 10.1. The van der Waals surface area contributed by atoms with E-state index < -0.39 is 0 Å². The van der Waals surface area contributed by atoms with E-state index in [9.17, 15) is 4.79 Å². The van der Waals surface area contributed by atoms with Crippen molar-refractivity contribution in [3.63, 3.8) is 0 Å². The molecule has 0 bridgehead atoms. The summed E-state index contributed by atoms with van der Waals surface area (Å²) >= 11 is 0. The van der Waals surface area contributed by atoms with E-state index in [1.807, 2.05) is 30.3 Å². The molecule has 1 saturated heterocycles. The molecule has 1 aliphatic heterocycles. The van der Waals surface area contributed by atoms with Crippen LogP contribution in [0.4, 0.5) is 28.8 Å². The Balaban J connectivity index is 1.37. The van der Waals surface area contributed by atoms with E-state index in [0.717, 1.165) is 43.1 Å². The number of nitrogens with one attached hydrogen (secondary N) is 2. The number of allylic oxidation sites excluding steroid dienone is 1. The third-order valence-electron chi connectivity index (χ3n) is 5.48. The smallest absolute Gasteiger partial charge is 0.229 e. The molecule has 1 fully saturated rings. The van der Waals surface area contributed by atoms with Gasteiger partial charge in [-0.2, -0.15) is 4.98 Å². The van der Waals surface area contributed by atoms with Crippen LogP contribution in [0.3, 0.4) is 0 Å². The van der Waals surface area contributed by atoms with Crippen LogP contribution in [0.25, 0.3) is 0 Å². The molecule has 0 atom stereocenters. The highest BCUT2D eigenvalue weighted by Gasteiger charge is 2.14. The molecule has 0 unspecified atom stereocenters. The summed E-state index contributed by atoms with van der Waals surface area (Å²) in [5.41, 5.74) is 4.01. The Bertz CT molecular complexity index is 1060. The molecule has 0 saturated carbocycles. The molecule has 2 heterocycles. The number of ketones is 1. The number of hydrogen-bond donors (Lipinski definition) is 2. The lowest BCUT2D eigenvalue weighted by molar-refractivity contribution is -0.114. The van der Waals surface area contributed by atoms with E-state index in [-0.39, 0.29) is 5.78 Å². The quantitative estimate of drug-likeness (QED) is 0.525. The third-order valence-corrected chi connectivity index (χ3v) is 5.48. The van der Waals surface area contributed by atoms with Gasteiger partial charge in [0, 0.05) is 55.9 Å². The minimum Gasteiger partial charge on any atom is -0.369 e. The molecular formula is C25H28N6O. The van der Waals surface area contributed by atoms with Crippen molar-refractivity contribution in [1.29, 1.82) is 0 Å². The van der Waals surface area contributed by atoms with Gasteiger partial charge in [0.1, 0.15) is 5.82 Å². The van der Waals surface area contributed by atoms with Gasteiger partial charge in [0.05, 0.1) is 0 Å². The summed E-state index contributed by atoms with van der Waals surface area (Å²) in [7, 11) is 2.16. The summed E-state index contributed by atoms with van der Waals surface area (Å²) in [6, 6.07) is 17.9. The van der Waals surface area contributed by atoms with E-state index in [4.69, 9.17) is 0 Å². The Morgan fingerprint density at radius 1 is 0.969 bits per heavy atom. The zero-order chi connectivity index (χ0) is 22.3. The number of benzene rings is 2. The van der Waals surface area contributed by atoms with Crippen molar-refractivity contribution >= 4 is 34.6 Å². The highest BCUT2D eigenvalue weighted by Crippen LogP contribution is 2.22. The Morgan fingerprint density at radius 2 is 1.62 bits per heavy atom. The van der Waals surface area contributed by atoms with Crippen molar-refractivity contribution in [3.05, 3.63) is 79.0 Å². The predicted octanol–water partition coefficient (Wildman–Crippen LogP) is 4.01. The topological polar surface area (TPSA) is 73.4 Å². The van der Waals surface area contributed by atoms with Crippen LogP contribution >= 0.6 is 0 Å². The highest BCUT2D eigenvalue weighted by molar-refractivity contribution is 5.90. The van der Waals surface area contributed by atoms with Gasteiger partial charge in [0.15, 0.2) is 5.78 Å². The van der Waals surface area contributed by atoms with Crippen LogP contribution in [0.15, 0.2) is 73.4 Å². The molecule has 0 aliphatic carbocycles. The first-order chi connectivity index (χ1) is 15.6. The molecule has 3 aromatic rings. The van der Waals surface area contributed by atoms with Crippen molar-refractivity contribution in [2.75, 3.05) is 48.8 Å². The van der Waals surface area contributed by atoms with Crippen LogP contribution in [0.2, 0.25) is 0 Å². The van der Waals surface area contributed by atoms with Crippen molar-refractivity contribution in [2.24, 2.45) is 0 Å². The zero-order valence-corrected chi connectivity index (χ0v) is 18.3. The molecule has 0 radical (unpaired) electrons. The summed E-state index contributed by atoms with van der Waals surface area (Å²) in [6.07, 6.45) is 3.42. The van der Waals surface area contributed by atoms with Gasteiger partial charge < -0.3 is 20.4 Å². The fourth-order valence-electron chi connectivity index (χ4n) is 3.57. The van der Waals surface area contributed by atoms with Gasteiger partial charge >= 0.3 is 0 Å². The molecule has 1 aliphatic rings. The van der Waals surface area contributed by atoms with Crippen molar-refractivity contribution < 1.29 is 4.79 Å². The number of nitrogens with zero attached hydrogens (tertiary/aromatic N) is 4. The zero-order valence-electron chi connectivity index (χ0n) is 18.3. The second-order valence-corrected chi connectivity index (χ2v) is 7.90. The molecule has 0 amide bonds. The van der Waals surface area contributed by atoms with Crippen LogP contribution < -0.4 is 15.5 Å². The van der Waals surface area contributed by atoms with E-state index in [2.05, 4.69) is 68.3 Å². The van der Waals surface area contributed by atoms with Crippen LogP contribution in [0, 0.1) is 0 Å². The second-order valence-electron chi connectivity index (χ2n) is 7.90. The maximum absolute atomic E-state index is 11.5. The minimum atomic E-state index is 0.00814. The minimum absolute atomic E-state index is 0.00814. The number of anilines is 5. The fourth-order valence-corrected chi connectivity index (χ4v) is 3.57. The lowest BCUT2D eigenvalue weighted by Crippen LogP contribution is -2.44. The summed E-state index contributed by atoms with van der Waals surface area (Å²) in [4.78, 5) is 25.1. The van der Waals surface area contributed by atoms with Gasteiger partial charge in [-0.25, -0.2) is 4.98 Å². The van der Waals surface area contributed by atoms with E-state index in [1.54, 1.807) is 6.20 Å².